The van der Waals surface area contributed by atoms with Crippen molar-refractivity contribution in [2.75, 3.05) is 20.0 Å². The number of hydrogen-bond donors (Lipinski definition) is 3. The Balaban J connectivity index is 3.81. The Morgan fingerprint density at radius 1 is 1.30 bits per heavy atom. The highest BCUT2D eigenvalue weighted by molar-refractivity contribution is 7.57. The molecule has 20 heavy (non-hydrogen) atoms. The first-order valence-electron chi connectivity index (χ1n) is 6.00. The van der Waals surface area contributed by atoms with E-state index in [9.17, 15) is 19.3 Å². The summed E-state index contributed by atoms with van der Waals surface area (Å²) in [5.41, 5.74) is -0.687. The second-order valence-electron chi connectivity index (χ2n) is 5.37. The molecular formula is C11H22NO7P. The van der Waals surface area contributed by atoms with Gasteiger partial charge in [0.1, 0.15) is 5.85 Å². The minimum Gasteiger partial charge on any atom is -0.427 e. The van der Waals surface area contributed by atoms with Crippen LogP contribution in [-0.4, -0.2) is 47.9 Å². The van der Waals surface area contributed by atoms with Crippen molar-refractivity contribution in [3.63, 3.8) is 0 Å². The Hall–Kier alpha value is -1.11. The molecular weight excluding hydrogens is 289 g/mol. The van der Waals surface area contributed by atoms with Crippen LogP contribution in [0.25, 0.3) is 0 Å². The summed E-state index contributed by atoms with van der Waals surface area (Å²) in [6.07, 6.45) is -0.927. The van der Waals surface area contributed by atoms with Crippen molar-refractivity contribution in [2.24, 2.45) is 5.41 Å². The third-order valence-electron chi connectivity index (χ3n) is 2.22. The van der Waals surface area contributed by atoms with Gasteiger partial charge in [-0.05, 0) is 20.8 Å². The molecule has 0 aliphatic rings. The molecule has 0 radical (unpaired) electrons. The topological polar surface area (TPSA) is 122 Å². The maximum Gasteiger partial charge on any atom is 0.410 e. The molecule has 118 valence electrons. The van der Waals surface area contributed by atoms with E-state index in [0.29, 0.717) is 0 Å². The van der Waals surface area contributed by atoms with Crippen LogP contribution in [0.15, 0.2) is 0 Å². The molecule has 0 aliphatic carbocycles. The fourth-order valence-electron chi connectivity index (χ4n) is 0.947. The standard InChI is InChI=1S/C11H22NO7P/c1-11(2,3)9(14)18-7-19-10(15)12-6-5-8(13)20(4,16)17/h8,13H,5-7H2,1-4H3,(H,12,15)(H,16,17). The molecule has 2 atom stereocenters. The number of aliphatic hydroxyl groups is 1. The first-order valence-corrected chi connectivity index (χ1v) is 8.18. The second kappa shape index (κ2) is 7.61. The van der Waals surface area contributed by atoms with Gasteiger partial charge < -0.3 is 24.8 Å². The van der Waals surface area contributed by atoms with Crippen LogP contribution in [0, 0.1) is 5.41 Å². The van der Waals surface area contributed by atoms with E-state index in [4.69, 9.17) is 9.63 Å². The molecule has 9 heteroatoms. The lowest BCUT2D eigenvalue weighted by Crippen LogP contribution is -2.30. The fraction of sp³-hybridized carbons (Fsp3) is 0.818. The van der Waals surface area contributed by atoms with Gasteiger partial charge in [0.25, 0.3) is 0 Å². The molecule has 1 amide bonds. The first kappa shape index (κ1) is 18.9. The Morgan fingerprint density at radius 3 is 2.30 bits per heavy atom. The number of aliphatic hydroxyl groups excluding tert-OH is 1. The molecule has 0 aliphatic heterocycles. The van der Waals surface area contributed by atoms with E-state index in [1.807, 2.05) is 0 Å². The average Bonchev–Trinajstić information content (AvgIpc) is 2.26. The molecule has 0 aromatic carbocycles. The summed E-state index contributed by atoms with van der Waals surface area (Å²) in [4.78, 5) is 31.5. The smallest absolute Gasteiger partial charge is 0.410 e. The van der Waals surface area contributed by atoms with Crippen LogP contribution in [0.5, 0.6) is 0 Å². The van der Waals surface area contributed by atoms with Gasteiger partial charge in [-0.25, -0.2) is 4.79 Å². The molecule has 0 bridgehead atoms. The fourth-order valence-corrected chi connectivity index (χ4v) is 1.56. The number of alkyl carbamates (subject to hydrolysis) is 1. The van der Waals surface area contributed by atoms with Gasteiger partial charge in [0.2, 0.25) is 14.2 Å². The molecule has 0 rings (SSSR count). The monoisotopic (exact) mass is 311 g/mol. The second-order valence-corrected chi connectivity index (χ2v) is 7.85. The summed E-state index contributed by atoms with van der Waals surface area (Å²) in [5.74, 6) is -1.91. The van der Waals surface area contributed by atoms with Crippen LogP contribution in [-0.2, 0) is 18.8 Å². The highest BCUT2D eigenvalue weighted by Crippen LogP contribution is 2.41. The van der Waals surface area contributed by atoms with Crippen LogP contribution in [0.2, 0.25) is 0 Å². The maximum absolute atomic E-state index is 11.3. The molecule has 0 spiro atoms. The zero-order chi connectivity index (χ0) is 16.0. The Kier molecular flexibility index (Phi) is 7.19. The van der Waals surface area contributed by atoms with Crippen molar-refractivity contribution in [3.8, 4) is 0 Å². The van der Waals surface area contributed by atoms with E-state index in [1.54, 1.807) is 20.8 Å². The summed E-state index contributed by atoms with van der Waals surface area (Å²) in [5, 5.41) is 11.5. The normalized spacial score (nSPS) is 15.9. The molecule has 0 aromatic heterocycles. The zero-order valence-electron chi connectivity index (χ0n) is 12.1. The summed E-state index contributed by atoms with van der Waals surface area (Å²) in [6.45, 7) is 5.46. The molecule has 2 unspecified atom stereocenters. The Labute approximate surface area is 117 Å². The lowest BCUT2D eigenvalue weighted by molar-refractivity contribution is -0.161. The van der Waals surface area contributed by atoms with Crippen molar-refractivity contribution < 1.29 is 33.6 Å². The number of hydrogen-bond acceptors (Lipinski definition) is 6. The van der Waals surface area contributed by atoms with Crippen molar-refractivity contribution in [3.05, 3.63) is 0 Å². The molecule has 0 saturated heterocycles. The average molecular weight is 311 g/mol. The van der Waals surface area contributed by atoms with E-state index < -0.39 is 37.5 Å². The van der Waals surface area contributed by atoms with Gasteiger partial charge in [-0.15, -0.1) is 0 Å². The number of amides is 1. The number of carbonyl (C=O) groups is 2. The molecule has 0 fully saturated rings. The van der Waals surface area contributed by atoms with E-state index >= 15 is 0 Å². The Bertz CT molecular complexity index is 385. The predicted molar refractivity (Wildman–Crippen MR) is 71.3 cm³/mol. The van der Waals surface area contributed by atoms with Crippen LogP contribution in [0.4, 0.5) is 4.79 Å². The number of esters is 1. The third-order valence-corrected chi connectivity index (χ3v) is 3.58. The minimum atomic E-state index is -3.58. The molecule has 0 aromatic rings. The molecule has 0 heterocycles. The van der Waals surface area contributed by atoms with Crippen LogP contribution >= 0.6 is 7.37 Å². The molecule has 3 N–H and O–H groups in total. The van der Waals surface area contributed by atoms with Gasteiger partial charge in [0.05, 0.1) is 5.41 Å². The van der Waals surface area contributed by atoms with E-state index in [2.05, 4.69) is 10.1 Å². The van der Waals surface area contributed by atoms with Crippen molar-refractivity contribution in [1.82, 2.24) is 5.32 Å². The van der Waals surface area contributed by atoms with Gasteiger partial charge in [-0.2, -0.15) is 0 Å². The quantitative estimate of drug-likeness (QED) is 0.378. The highest BCUT2D eigenvalue weighted by Gasteiger charge is 2.24. The van der Waals surface area contributed by atoms with Crippen LogP contribution in [0.1, 0.15) is 27.2 Å². The van der Waals surface area contributed by atoms with Crippen molar-refractivity contribution in [1.29, 1.82) is 0 Å². The third kappa shape index (κ3) is 8.14. The van der Waals surface area contributed by atoms with Crippen molar-refractivity contribution in [2.45, 2.75) is 33.0 Å². The maximum atomic E-state index is 11.3. The lowest BCUT2D eigenvalue weighted by Gasteiger charge is -2.16. The Morgan fingerprint density at radius 2 is 1.85 bits per heavy atom. The summed E-state index contributed by atoms with van der Waals surface area (Å²) in [6, 6.07) is 0. The van der Waals surface area contributed by atoms with E-state index in [1.165, 1.54) is 0 Å². The minimum absolute atomic E-state index is 0.0361. The summed E-state index contributed by atoms with van der Waals surface area (Å²) < 4.78 is 20.3. The van der Waals surface area contributed by atoms with E-state index in [0.717, 1.165) is 6.66 Å². The van der Waals surface area contributed by atoms with Crippen LogP contribution < -0.4 is 5.32 Å². The lowest BCUT2D eigenvalue weighted by atomic mass is 9.98. The number of ether oxygens (including phenoxy) is 2. The van der Waals surface area contributed by atoms with E-state index in [-0.39, 0.29) is 13.0 Å². The van der Waals surface area contributed by atoms with Crippen molar-refractivity contribution >= 4 is 19.4 Å². The van der Waals surface area contributed by atoms with Crippen LogP contribution in [0.3, 0.4) is 0 Å². The number of carbonyl (C=O) groups excluding carboxylic acids is 2. The number of nitrogens with one attached hydrogen (secondary N) is 1. The predicted octanol–water partition coefficient (Wildman–Crippen LogP) is 0.868. The molecule has 0 saturated carbocycles. The largest absolute Gasteiger partial charge is 0.427 e. The first-order chi connectivity index (χ1) is 8.94. The van der Waals surface area contributed by atoms with Gasteiger partial charge in [0, 0.05) is 19.6 Å². The molecule has 8 nitrogen and oxygen atoms in total. The van der Waals surface area contributed by atoms with Gasteiger partial charge in [0.15, 0.2) is 0 Å². The zero-order valence-corrected chi connectivity index (χ0v) is 13.0. The van der Waals surface area contributed by atoms with Gasteiger partial charge >= 0.3 is 12.1 Å². The van der Waals surface area contributed by atoms with Gasteiger partial charge in [-0.1, -0.05) is 0 Å². The SMILES string of the molecule is CC(C)(C)C(=O)OCOC(=O)NCCC(O)P(C)(=O)O. The van der Waals surface area contributed by atoms with Gasteiger partial charge in [-0.3, -0.25) is 9.36 Å². The number of rotatable bonds is 6. The summed E-state index contributed by atoms with van der Waals surface area (Å²) >= 11 is 0. The summed E-state index contributed by atoms with van der Waals surface area (Å²) in [7, 11) is -3.58. The highest BCUT2D eigenvalue weighted by atomic mass is 31.2.